The van der Waals surface area contributed by atoms with Gasteiger partial charge in [0.15, 0.2) is 0 Å². The summed E-state index contributed by atoms with van der Waals surface area (Å²) in [6.07, 6.45) is 5.42. The van der Waals surface area contributed by atoms with Gasteiger partial charge in [0.1, 0.15) is 0 Å². The molecule has 0 fully saturated rings. The normalized spacial score (nSPS) is 12.2. The van der Waals surface area contributed by atoms with E-state index in [-0.39, 0.29) is 0 Å². The second kappa shape index (κ2) is 9.27. The van der Waals surface area contributed by atoms with Gasteiger partial charge in [-0.2, -0.15) is 11.8 Å². The topological polar surface area (TPSA) is 49.4 Å². The fourth-order valence-electron chi connectivity index (χ4n) is 1.41. The van der Waals surface area contributed by atoms with Crippen molar-refractivity contribution in [2.75, 3.05) is 44.4 Å². The highest BCUT2D eigenvalue weighted by atomic mass is 32.2. The number of hydrogen-bond acceptors (Lipinski definition) is 4. The Labute approximate surface area is 104 Å². The maximum Gasteiger partial charge on any atom is 0.211 e. The predicted molar refractivity (Wildman–Crippen MR) is 72.6 cm³/mol. The molecule has 1 N–H and O–H groups in total. The SMILES string of the molecule is CCN(CCCNCCCSC)S(C)(=O)=O. The lowest BCUT2D eigenvalue weighted by Crippen LogP contribution is -2.32. The van der Waals surface area contributed by atoms with Gasteiger partial charge in [-0.1, -0.05) is 6.92 Å². The fraction of sp³-hybridized carbons (Fsp3) is 1.00. The van der Waals surface area contributed by atoms with Gasteiger partial charge in [-0.05, 0) is 37.9 Å². The first kappa shape index (κ1) is 16.2. The van der Waals surface area contributed by atoms with E-state index in [1.165, 1.54) is 22.7 Å². The Kier molecular flexibility index (Phi) is 9.40. The average Bonchev–Trinajstić information content (AvgIpc) is 2.20. The number of rotatable bonds is 10. The first-order valence-corrected chi connectivity index (χ1v) is 8.91. The van der Waals surface area contributed by atoms with Gasteiger partial charge in [0.2, 0.25) is 10.0 Å². The van der Waals surface area contributed by atoms with Crippen molar-refractivity contribution in [3.05, 3.63) is 0 Å². The van der Waals surface area contributed by atoms with Crippen molar-refractivity contribution in [1.82, 2.24) is 9.62 Å². The van der Waals surface area contributed by atoms with Gasteiger partial charge >= 0.3 is 0 Å². The van der Waals surface area contributed by atoms with Crippen molar-refractivity contribution in [1.29, 1.82) is 0 Å². The van der Waals surface area contributed by atoms with Gasteiger partial charge in [0, 0.05) is 13.1 Å². The summed E-state index contributed by atoms with van der Waals surface area (Å²) in [7, 11) is -3.01. The van der Waals surface area contributed by atoms with Crippen LogP contribution in [0.25, 0.3) is 0 Å². The van der Waals surface area contributed by atoms with E-state index in [2.05, 4.69) is 11.6 Å². The smallest absolute Gasteiger partial charge is 0.211 e. The van der Waals surface area contributed by atoms with Crippen LogP contribution in [0.2, 0.25) is 0 Å². The van der Waals surface area contributed by atoms with Crippen molar-refractivity contribution < 1.29 is 8.42 Å². The molecular formula is C10H24N2O2S2. The lowest BCUT2D eigenvalue weighted by Gasteiger charge is -2.17. The van der Waals surface area contributed by atoms with Crippen LogP contribution in [0.1, 0.15) is 19.8 Å². The molecule has 16 heavy (non-hydrogen) atoms. The molecule has 0 unspecified atom stereocenters. The quantitative estimate of drug-likeness (QED) is 0.601. The molecule has 0 aromatic heterocycles. The van der Waals surface area contributed by atoms with E-state index in [9.17, 15) is 8.42 Å². The molecule has 6 heteroatoms. The van der Waals surface area contributed by atoms with Gasteiger partial charge < -0.3 is 5.32 Å². The summed E-state index contributed by atoms with van der Waals surface area (Å²) in [5.41, 5.74) is 0. The zero-order valence-electron chi connectivity index (χ0n) is 10.5. The summed E-state index contributed by atoms with van der Waals surface area (Å²) < 4.78 is 24.1. The first-order chi connectivity index (χ1) is 7.52. The second-order valence-corrected chi connectivity index (χ2v) is 6.67. The Morgan fingerprint density at radius 3 is 2.38 bits per heavy atom. The van der Waals surface area contributed by atoms with Crippen LogP contribution in [-0.2, 0) is 10.0 Å². The minimum Gasteiger partial charge on any atom is -0.317 e. The standard InChI is InChI=1S/C10H24N2O2S2/c1-4-12(16(3,13)14)9-5-7-11-8-6-10-15-2/h11H,4-10H2,1-3H3. The van der Waals surface area contributed by atoms with Gasteiger partial charge in [0.25, 0.3) is 0 Å². The van der Waals surface area contributed by atoms with Gasteiger partial charge in [0.05, 0.1) is 6.26 Å². The lowest BCUT2D eigenvalue weighted by molar-refractivity contribution is 0.419. The Bertz CT molecular complexity index is 256. The average molecular weight is 268 g/mol. The minimum atomic E-state index is -3.01. The molecule has 0 aromatic carbocycles. The van der Waals surface area contributed by atoms with E-state index in [1.54, 1.807) is 0 Å². The number of nitrogens with one attached hydrogen (secondary N) is 1. The van der Waals surface area contributed by atoms with Crippen LogP contribution >= 0.6 is 11.8 Å². The zero-order valence-corrected chi connectivity index (χ0v) is 12.2. The molecule has 98 valence electrons. The highest BCUT2D eigenvalue weighted by Crippen LogP contribution is 1.98. The third kappa shape index (κ3) is 8.38. The molecule has 0 aliphatic heterocycles. The monoisotopic (exact) mass is 268 g/mol. The third-order valence-electron chi connectivity index (χ3n) is 2.28. The zero-order chi connectivity index (χ0) is 12.4. The molecule has 0 aliphatic carbocycles. The van der Waals surface area contributed by atoms with E-state index in [0.717, 1.165) is 19.5 Å². The molecule has 0 rings (SSSR count). The first-order valence-electron chi connectivity index (χ1n) is 5.67. The Balaban J connectivity index is 3.50. The molecular weight excluding hydrogens is 244 g/mol. The summed E-state index contributed by atoms with van der Waals surface area (Å²) in [6, 6.07) is 0. The van der Waals surface area contributed by atoms with E-state index >= 15 is 0 Å². The third-order valence-corrected chi connectivity index (χ3v) is 4.36. The van der Waals surface area contributed by atoms with Crippen LogP contribution in [0.4, 0.5) is 0 Å². The minimum absolute atomic E-state index is 0.561. The second-order valence-electron chi connectivity index (χ2n) is 3.70. The molecule has 0 aromatic rings. The molecule has 4 nitrogen and oxygen atoms in total. The molecule has 0 heterocycles. The van der Waals surface area contributed by atoms with Crippen LogP contribution < -0.4 is 5.32 Å². The molecule has 0 atom stereocenters. The molecule has 0 saturated carbocycles. The summed E-state index contributed by atoms with van der Waals surface area (Å²) in [4.78, 5) is 0. The maximum absolute atomic E-state index is 11.3. The van der Waals surface area contributed by atoms with Crippen molar-refractivity contribution in [3.8, 4) is 0 Å². The number of nitrogens with zero attached hydrogens (tertiary/aromatic N) is 1. The number of hydrogen-bond donors (Lipinski definition) is 1. The van der Waals surface area contributed by atoms with Crippen molar-refractivity contribution >= 4 is 21.8 Å². The molecule has 0 amide bonds. The Hall–Kier alpha value is 0.220. The number of thioether (sulfide) groups is 1. The molecule has 0 aliphatic rings. The summed E-state index contributed by atoms with van der Waals surface area (Å²) in [5, 5.41) is 3.32. The largest absolute Gasteiger partial charge is 0.317 e. The van der Waals surface area contributed by atoms with Gasteiger partial charge in [-0.25, -0.2) is 12.7 Å². The van der Waals surface area contributed by atoms with Crippen molar-refractivity contribution in [3.63, 3.8) is 0 Å². The van der Waals surface area contributed by atoms with Crippen molar-refractivity contribution in [2.24, 2.45) is 0 Å². The maximum atomic E-state index is 11.3. The van der Waals surface area contributed by atoms with E-state index in [1.807, 2.05) is 18.7 Å². The number of sulfonamides is 1. The van der Waals surface area contributed by atoms with Crippen LogP contribution in [0.5, 0.6) is 0 Å². The lowest BCUT2D eigenvalue weighted by atomic mass is 10.4. The summed E-state index contributed by atoms with van der Waals surface area (Å²) in [6.45, 7) is 4.95. The summed E-state index contributed by atoms with van der Waals surface area (Å²) in [5.74, 6) is 1.18. The molecule has 0 saturated heterocycles. The Morgan fingerprint density at radius 2 is 1.88 bits per heavy atom. The van der Waals surface area contributed by atoms with E-state index in [4.69, 9.17) is 0 Å². The van der Waals surface area contributed by atoms with Crippen molar-refractivity contribution in [2.45, 2.75) is 19.8 Å². The highest BCUT2D eigenvalue weighted by molar-refractivity contribution is 7.98. The van der Waals surface area contributed by atoms with Gasteiger partial charge in [-0.3, -0.25) is 0 Å². The summed E-state index contributed by atoms with van der Waals surface area (Å²) >= 11 is 1.85. The van der Waals surface area contributed by atoms with Crippen LogP contribution in [0.3, 0.4) is 0 Å². The predicted octanol–water partition coefficient (Wildman–Crippen LogP) is 1.00. The van der Waals surface area contributed by atoms with Crippen LogP contribution in [-0.4, -0.2) is 57.2 Å². The highest BCUT2D eigenvalue weighted by Gasteiger charge is 2.12. The van der Waals surface area contributed by atoms with E-state index < -0.39 is 10.0 Å². The van der Waals surface area contributed by atoms with E-state index in [0.29, 0.717) is 13.1 Å². The molecule has 0 bridgehead atoms. The van der Waals surface area contributed by atoms with Gasteiger partial charge in [-0.15, -0.1) is 0 Å². The fourth-order valence-corrected chi connectivity index (χ4v) is 2.77. The van der Waals surface area contributed by atoms with Crippen LogP contribution in [0.15, 0.2) is 0 Å². The molecule has 0 radical (unpaired) electrons. The van der Waals surface area contributed by atoms with Crippen LogP contribution in [0, 0.1) is 0 Å². The Morgan fingerprint density at radius 1 is 1.25 bits per heavy atom. The molecule has 0 spiro atoms.